The van der Waals surface area contributed by atoms with Gasteiger partial charge in [-0.3, -0.25) is 0 Å². The first-order valence-corrected chi connectivity index (χ1v) is 13.5. The summed E-state index contributed by atoms with van der Waals surface area (Å²) >= 11 is 0. The Morgan fingerprint density at radius 2 is 1.04 bits per heavy atom. The maximum absolute atomic E-state index is 13.9. The second kappa shape index (κ2) is 11.5. The van der Waals surface area contributed by atoms with Gasteiger partial charge in [0.1, 0.15) is 6.07 Å². The number of nitrogens with zero attached hydrogens (tertiary/aromatic N) is 6. The van der Waals surface area contributed by atoms with Gasteiger partial charge in [0, 0.05) is 5.57 Å². The van der Waals surface area contributed by atoms with Crippen LogP contribution in [0.15, 0.2) is 59.9 Å². The van der Waals surface area contributed by atoms with Crippen LogP contribution in [0.1, 0.15) is 55.6 Å². The van der Waals surface area contributed by atoms with Gasteiger partial charge in [-0.1, -0.05) is 36.4 Å². The van der Waals surface area contributed by atoms with E-state index in [1.165, 1.54) is 24.3 Å². The predicted octanol–water partition coefficient (Wildman–Crippen LogP) is 9.90. The Bertz CT molecular complexity index is 2340. The number of alkyl halides is 6. The molecule has 2 aliphatic carbocycles. The molecule has 2 aliphatic rings. The molecule has 3 aromatic carbocycles. The summed E-state index contributed by atoms with van der Waals surface area (Å²) in [4.78, 5) is 9.80. The molecular formula is C36H14F6N6. The average molecular weight is 645 g/mol. The van der Waals surface area contributed by atoms with Gasteiger partial charge in [-0.15, -0.1) is 0 Å². The molecule has 0 unspecified atom stereocenters. The van der Waals surface area contributed by atoms with Crippen LogP contribution >= 0.6 is 0 Å². The van der Waals surface area contributed by atoms with E-state index >= 15 is 0 Å². The van der Waals surface area contributed by atoms with Crippen molar-refractivity contribution in [3.8, 4) is 18.2 Å². The molecule has 0 N–H and O–H groups in total. The number of halogens is 6. The Kier molecular flexibility index (Phi) is 7.79. The zero-order chi connectivity index (χ0) is 35.3. The number of hydrogen-bond acceptors (Lipinski definition) is 3. The summed E-state index contributed by atoms with van der Waals surface area (Å²) in [6.07, 6.45) is -10.9. The maximum atomic E-state index is 13.9. The average Bonchev–Trinajstić information content (AvgIpc) is 3.53. The number of rotatable bonds is 2. The molecule has 230 valence electrons. The van der Waals surface area contributed by atoms with E-state index in [0.29, 0.717) is 16.7 Å². The van der Waals surface area contributed by atoms with E-state index in [-0.39, 0.29) is 45.7 Å². The molecule has 0 spiro atoms. The highest BCUT2D eigenvalue weighted by atomic mass is 19.4. The number of nitriles is 3. The minimum absolute atomic E-state index is 0.0759. The highest BCUT2D eigenvalue weighted by Crippen LogP contribution is 2.54. The lowest BCUT2D eigenvalue weighted by Gasteiger charge is -2.18. The minimum Gasteiger partial charge on any atom is -0.237 e. The number of hydrogen-bond donors (Lipinski definition) is 0. The number of aryl methyl sites for hydroxylation is 2. The van der Waals surface area contributed by atoms with Crippen LogP contribution in [0, 0.1) is 67.6 Å². The Hall–Kier alpha value is -6.86. The first kappa shape index (κ1) is 32.5. The lowest BCUT2D eigenvalue weighted by atomic mass is 9.90. The lowest BCUT2D eigenvalue weighted by Crippen LogP contribution is -2.17. The van der Waals surface area contributed by atoms with Gasteiger partial charge >= 0.3 is 12.4 Å². The van der Waals surface area contributed by atoms with Crippen LogP contribution in [-0.2, 0) is 12.4 Å². The molecule has 0 aromatic heterocycles. The molecule has 0 heterocycles. The van der Waals surface area contributed by atoms with Crippen LogP contribution in [0.25, 0.3) is 48.1 Å². The predicted molar refractivity (Wildman–Crippen MR) is 163 cm³/mol. The highest BCUT2D eigenvalue weighted by Gasteiger charge is 2.45. The minimum atomic E-state index is -5.46. The zero-order valence-corrected chi connectivity index (χ0v) is 24.6. The van der Waals surface area contributed by atoms with Crippen LogP contribution in [0.2, 0.25) is 0 Å². The molecule has 12 heteroatoms. The summed E-state index contributed by atoms with van der Waals surface area (Å²) in [7, 11) is 0. The third-order valence-corrected chi connectivity index (χ3v) is 8.05. The van der Waals surface area contributed by atoms with Gasteiger partial charge in [-0.25, -0.2) is 25.1 Å². The molecule has 0 saturated carbocycles. The van der Waals surface area contributed by atoms with Crippen LogP contribution in [0.4, 0.5) is 26.3 Å². The maximum Gasteiger partial charge on any atom is 0.417 e. The summed E-state index contributed by atoms with van der Waals surface area (Å²) in [6, 6.07) is 15.2. The zero-order valence-electron chi connectivity index (χ0n) is 24.6. The highest BCUT2D eigenvalue weighted by molar-refractivity contribution is 6.26. The van der Waals surface area contributed by atoms with E-state index < -0.39 is 51.6 Å². The van der Waals surface area contributed by atoms with Crippen molar-refractivity contribution < 1.29 is 26.3 Å². The monoisotopic (exact) mass is 644 g/mol. The summed E-state index contributed by atoms with van der Waals surface area (Å²) in [5, 5.41) is 29.7. The van der Waals surface area contributed by atoms with E-state index in [0.717, 1.165) is 11.1 Å². The Labute approximate surface area is 269 Å². The van der Waals surface area contributed by atoms with Gasteiger partial charge in [0.05, 0.1) is 48.6 Å². The second-order valence-corrected chi connectivity index (χ2v) is 10.6. The van der Waals surface area contributed by atoms with E-state index in [1.807, 2.05) is 19.9 Å². The van der Waals surface area contributed by atoms with Gasteiger partial charge < -0.3 is 0 Å². The van der Waals surface area contributed by atoms with Gasteiger partial charge in [0.2, 0.25) is 5.70 Å². The Morgan fingerprint density at radius 1 is 0.625 bits per heavy atom. The smallest absolute Gasteiger partial charge is 0.237 e. The van der Waals surface area contributed by atoms with Crippen molar-refractivity contribution in [1.29, 1.82) is 15.8 Å². The van der Waals surface area contributed by atoms with Crippen LogP contribution in [-0.4, -0.2) is 0 Å². The molecule has 0 bridgehead atoms. The molecule has 3 aromatic rings. The van der Waals surface area contributed by atoms with Gasteiger partial charge in [-0.2, -0.15) is 31.6 Å². The molecular weight excluding hydrogens is 630 g/mol. The fourth-order valence-corrected chi connectivity index (χ4v) is 5.85. The molecule has 5 rings (SSSR count). The van der Waals surface area contributed by atoms with Crippen LogP contribution in [0.3, 0.4) is 0 Å². The fraction of sp³-hybridized carbons (Fsp3) is 0.111. The van der Waals surface area contributed by atoms with Crippen molar-refractivity contribution in [3.05, 3.63) is 150 Å². The van der Waals surface area contributed by atoms with Crippen molar-refractivity contribution in [3.63, 3.8) is 0 Å². The summed E-state index contributed by atoms with van der Waals surface area (Å²) in [5.74, 6) is 0. The third kappa shape index (κ3) is 4.96. The largest absolute Gasteiger partial charge is 0.417 e. The molecule has 48 heavy (non-hydrogen) atoms. The molecule has 0 amide bonds. The van der Waals surface area contributed by atoms with Crippen molar-refractivity contribution in [2.75, 3.05) is 0 Å². The normalized spacial score (nSPS) is 15.7. The molecule has 0 aliphatic heterocycles. The topological polar surface area (TPSA) is 84.5 Å². The molecule has 0 radical (unpaired) electrons. The van der Waals surface area contributed by atoms with Crippen molar-refractivity contribution in [2.24, 2.45) is 0 Å². The van der Waals surface area contributed by atoms with Gasteiger partial charge in [0.25, 0.3) is 11.4 Å². The third-order valence-electron chi connectivity index (χ3n) is 8.05. The lowest BCUT2D eigenvalue weighted by molar-refractivity contribution is -0.162. The van der Waals surface area contributed by atoms with Crippen molar-refractivity contribution >= 4 is 33.6 Å². The van der Waals surface area contributed by atoms with Crippen molar-refractivity contribution in [1.82, 2.24) is 0 Å². The Morgan fingerprint density at radius 3 is 1.46 bits per heavy atom. The number of fused-ring (bicyclic) bond motifs is 2. The first-order valence-electron chi connectivity index (χ1n) is 13.5. The Balaban J connectivity index is 1.79. The summed E-state index contributed by atoms with van der Waals surface area (Å²) in [6.45, 7) is 26.6. The first-order chi connectivity index (χ1) is 22.7. The molecule has 0 atom stereocenters. The molecule has 6 nitrogen and oxygen atoms in total. The van der Waals surface area contributed by atoms with Crippen LogP contribution in [0.5, 0.6) is 0 Å². The summed E-state index contributed by atoms with van der Waals surface area (Å²) in [5.41, 5.74) is -3.56. The molecule has 0 fully saturated rings. The quantitative estimate of drug-likeness (QED) is 0.158. The van der Waals surface area contributed by atoms with E-state index in [1.54, 1.807) is 18.2 Å². The van der Waals surface area contributed by atoms with E-state index in [2.05, 4.69) is 20.6 Å². The SMILES string of the molecule is [C-]#[N+]C1=C(c2ccc(C3=C(C#N)c4cc(C)c(C)cc4/C3=C(/C#N)[N+]#[C-])cc2)/C(=C(/C#N)[N+]#[C-])c2cc(C(F)(F)F)c(C(F)(F)F)cc21. The van der Waals surface area contributed by atoms with E-state index in [9.17, 15) is 42.1 Å². The standard InChI is InChI=1S/C36H14F6N6/c1-17-10-21-22(11-18(17)2)32(28(15-44)46-3)30(25(21)14-43)19-6-8-20(9-7-19)31-33(29(16-45)47-4)23-12-26(35(37,38)39)27(36(40,41)42)13-24(23)34(31)48-5/h6-13H,1-2H3/b32-28+,33-29-. The molecule has 0 saturated heterocycles. The van der Waals surface area contributed by atoms with Crippen molar-refractivity contribution in [2.45, 2.75) is 26.2 Å². The van der Waals surface area contributed by atoms with Crippen LogP contribution < -0.4 is 0 Å². The number of benzene rings is 3. The second-order valence-electron chi connectivity index (χ2n) is 10.6. The number of allylic oxidation sites excluding steroid dienone is 7. The fourth-order valence-electron chi connectivity index (χ4n) is 5.85. The summed E-state index contributed by atoms with van der Waals surface area (Å²) < 4.78 is 83.2. The van der Waals surface area contributed by atoms with E-state index in [4.69, 9.17) is 19.7 Å². The van der Waals surface area contributed by atoms with Gasteiger partial charge in [-0.05, 0) is 87.2 Å². The van der Waals surface area contributed by atoms with Gasteiger partial charge in [0.15, 0.2) is 0 Å².